The van der Waals surface area contributed by atoms with Crippen LogP contribution in [0.25, 0.3) is 16.8 Å². The maximum atomic E-state index is 12.0. The highest BCUT2D eigenvalue weighted by atomic mass is 35.6. The number of nitrogens with one attached hydrogen (secondary N) is 1. The topological polar surface area (TPSA) is 111 Å². The third-order valence-corrected chi connectivity index (χ3v) is 9.62. The van der Waals surface area contributed by atoms with Crippen LogP contribution in [-0.2, 0) is 27.4 Å². The van der Waals surface area contributed by atoms with E-state index >= 15 is 0 Å². The molecule has 48 heavy (non-hydrogen) atoms. The average Bonchev–Trinajstić information content (AvgIpc) is 3.59. The number of thioether (sulfide) groups is 1. The van der Waals surface area contributed by atoms with Crippen LogP contribution in [0.3, 0.4) is 0 Å². The van der Waals surface area contributed by atoms with Crippen LogP contribution in [0.5, 0.6) is 0 Å². The number of carbonyl (C=O) groups excluding carboxylic acids is 1. The summed E-state index contributed by atoms with van der Waals surface area (Å²) in [6, 6.07) is 33.4. The molecule has 0 unspecified atom stereocenters. The molecule has 9 nitrogen and oxygen atoms in total. The van der Waals surface area contributed by atoms with E-state index in [4.69, 9.17) is 44.3 Å². The van der Waals surface area contributed by atoms with Crippen molar-refractivity contribution < 1.29 is 19.4 Å². The molecule has 0 spiro atoms. The van der Waals surface area contributed by atoms with E-state index in [9.17, 15) is 9.90 Å². The zero-order chi connectivity index (χ0) is 33.7. The Morgan fingerprint density at radius 1 is 0.896 bits per heavy atom. The van der Waals surface area contributed by atoms with Gasteiger partial charge < -0.3 is 19.9 Å². The van der Waals surface area contributed by atoms with Gasteiger partial charge in [0.25, 0.3) is 9.70 Å². The van der Waals surface area contributed by atoms with Crippen molar-refractivity contribution in [3.63, 3.8) is 0 Å². The first-order chi connectivity index (χ1) is 23.2. The van der Waals surface area contributed by atoms with E-state index in [1.807, 2.05) is 103 Å². The van der Waals surface area contributed by atoms with Gasteiger partial charge in [-0.05, 0) is 56.4 Å². The number of benzene rings is 4. The fourth-order valence-corrected chi connectivity index (χ4v) is 6.70. The molecule has 5 aromatic rings. The van der Waals surface area contributed by atoms with Gasteiger partial charge in [-0.1, -0.05) is 138 Å². The van der Waals surface area contributed by atoms with Gasteiger partial charge in [0.05, 0.1) is 24.5 Å². The molecule has 13 heteroatoms. The zero-order valence-corrected chi connectivity index (χ0v) is 28.8. The van der Waals surface area contributed by atoms with E-state index in [0.29, 0.717) is 10.9 Å². The summed E-state index contributed by atoms with van der Waals surface area (Å²) in [6.07, 6.45) is -1.08. The van der Waals surface area contributed by atoms with E-state index in [0.717, 1.165) is 39.1 Å². The Morgan fingerprint density at radius 3 is 2.33 bits per heavy atom. The third-order valence-electron chi connectivity index (χ3n) is 8.10. The number of alkyl halides is 3. The Hall–Kier alpha value is -3.48. The summed E-state index contributed by atoms with van der Waals surface area (Å²) in [7, 11) is 0. The molecule has 0 aliphatic carbocycles. The van der Waals surface area contributed by atoms with Crippen LogP contribution in [0.1, 0.15) is 41.6 Å². The highest BCUT2D eigenvalue weighted by Crippen LogP contribution is 2.43. The lowest BCUT2D eigenvalue weighted by Crippen LogP contribution is -2.38. The molecule has 2 N–H and O–H groups in total. The number of ether oxygens (including phenoxy) is 2. The first kappa shape index (κ1) is 34.4. The first-order valence-corrected chi connectivity index (χ1v) is 17.3. The molecular weight excluding hydrogens is 693 g/mol. The Morgan fingerprint density at radius 2 is 1.62 bits per heavy atom. The predicted octanol–water partition coefficient (Wildman–Crippen LogP) is 7.39. The van der Waals surface area contributed by atoms with E-state index in [1.54, 1.807) is 4.68 Å². The number of hydrogen-bond donors (Lipinski definition) is 2. The second kappa shape index (κ2) is 15.4. The molecule has 1 aliphatic rings. The van der Waals surface area contributed by atoms with E-state index < -0.39 is 16.0 Å². The van der Waals surface area contributed by atoms with Crippen molar-refractivity contribution in [2.45, 2.75) is 47.5 Å². The number of aromatic nitrogens is 4. The summed E-state index contributed by atoms with van der Waals surface area (Å²) in [6.45, 7) is 2.32. The Labute approximate surface area is 297 Å². The molecule has 1 saturated heterocycles. The van der Waals surface area contributed by atoms with Gasteiger partial charge in [-0.15, -0.1) is 5.10 Å². The molecule has 248 valence electrons. The van der Waals surface area contributed by atoms with Crippen LogP contribution in [0, 0.1) is 5.92 Å². The quantitative estimate of drug-likeness (QED) is 0.113. The van der Waals surface area contributed by atoms with Crippen LogP contribution in [0.2, 0.25) is 0 Å². The maximum absolute atomic E-state index is 12.0. The number of hydrogen-bond acceptors (Lipinski definition) is 8. The number of tetrazole rings is 1. The van der Waals surface area contributed by atoms with Crippen molar-refractivity contribution in [1.82, 2.24) is 25.5 Å². The molecule has 6 rings (SSSR count). The van der Waals surface area contributed by atoms with Crippen molar-refractivity contribution >= 4 is 52.5 Å². The number of aliphatic hydroxyl groups excluding tert-OH is 1. The van der Waals surface area contributed by atoms with E-state index in [2.05, 4.69) is 27.8 Å². The zero-order valence-electron chi connectivity index (χ0n) is 25.7. The summed E-state index contributed by atoms with van der Waals surface area (Å²) in [4.78, 5) is 12.0. The number of rotatable bonds is 10. The first-order valence-electron chi connectivity index (χ1n) is 15.2. The van der Waals surface area contributed by atoms with Crippen molar-refractivity contribution in [3.05, 3.63) is 125 Å². The van der Waals surface area contributed by atoms with Crippen molar-refractivity contribution in [2.24, 2.45) is 5.92 Å². The SMILES string of the molecule is C[C@@H]1[C@H](CSc2nnnn2-c2ccccc2)O[C@H](c2ccc(-c3cccc(CNC(=O)C(Cl)(Cl)Cl)c3)cc2)O[C@@H]1c1ccc(CO)cc1. The highest BCUT2D eigenvalue weighted by Gasteiger charge is 2.38. The van der Waals surface area contributed by atoms with Crippen molar-refractivity contribution in [2.75, 3.05) is 5.75 Å². The van der Waals surface area contributed by atoms with Gasteiger partial charge in [0.1, 0.15) is 0 Å². The van der Waals surface area contributed by atoms with Gasteiger partial charge in [-0.25, -0.2) is 0 Å². The second-order valence-corrected chi connectivity index (χ2v) is 14.6. The van der Waals surface area contributed by atoms with Crippen LogP contribution in [-0.4, -0.2) is 46.9 Å². The lowest BCUT2D eigenvalue weighted by atomic mass is 9.91. The normalized spacial score (nSPS) is 19.6. The standard InChI is InChI=1S/C35H32Cl3N5O4S/c1-22-30(21-48-34-40-41-42-43(34)29-8-3-2-4-9-29)46-32(47-31(22)26-12-10-23(20-44)11-13-26)27-16-14-25(15-17-27)28-7-5-6-24(18-28)19-39-33(45)35(36,37)38/h2-18,22,30-32,44H,19-21H2,1H3,(H,39,45)/t22-,30+,31+,32+/m1/s1. The number of carbonyl (C=O) groups is 1. The Kier molecular flexibility index (Phi) is 11.0. The lowest BCUT2D eigenvalue weighted by Gasteiger charge is -2.41. The molecule has 2 heterocycles. The van der Waals surface area contributed by atoms with Crippen LogP contribution in [0.4, 0.5) is 0 Å². The minimum Gasteiger partial charge on any atom is -0.392 e. The molecule has 0 saturated carbocycles. The van der Waals surface area contributed by atoms with Gasteiger partial charge in [0, 0.05) is 23.8 Å². The molecule has 4 aromatic carbocycles. The summed E-state index contributed by atoms with van der Waals surface area (Å²) >= 11 is 18.6. The minimum absolute atomic E-state index is 0.00106. The maximum Gasteiger partial charge on any atom is 0.272 e. The number of halogens is 3. The monoisotopic (exact) mass is 723 g/mol. The number of para-hydroxylation sites is 1. The van der Waals surface area contributed by atoms with Crippen molar-refractivity contribution in [1.29, 1.82) is 0 Å². The van der Waals surface area contributed by atoms with E-state index in [-0.39, 0.29) is 31.3 Å². The lowest BCUT2D eigenvalue weighted by molar-refractivity contribution is -0.268. The summed E-state index contributed by atoms with van der Waals surface area (Å²) in [5.41, 5.74) is 6.40. The predicted molar refractivity (Wildman–Crippen MR) is 187 cm³/mol. The Bertz CT molecular complexity index is 1820. The van der Waals surface area contributed by atoms with Gasteiger partial charge in [0.2, 0.25) is 5.16 Å². The third kappa shape index (κ3) is 8.20. The molecular formula is C35H32Cl3N5O4S. The highest BCUT2D eigenvalue weighted by molar-refractivity contribution is 7.99. The number of amides is 1. The van der Waals surface area contributed by atoms with Crippen LogP contribution < -0.4 is 5.32 Å². The van der Waals surface area contributed by atoms with Crippen LogP contribution >= 0.6 is 46.6 Å². The molecule has 1 amide bonds. The fraction of sp³-hybridized carbons (Fsp3) is 0.257. The number of nitrogens with zero attached hydrogens (tertiary/aromatic N) is 4. The Balaban J connectivity index is 1.21. The smallest absolute Gasteiger partial charge is 0.272 e. The molecule has 1 aromatic heterocycles. The summed E-state index contributed by atoms with van der Waals surface area (Å²) in [5.74, 6) is -0.0870. The fourth-order valence-electron chi connectivity index (χ4n) is 5.44. The largest absolute Gasteiger partial charge is 0.392 e. The van der Waals surface area contributed by atoms with Crippen molar-refractivity contribution in [3.8, 4) is 16.8 Å². The van der Waals surface area contributed by atoms with Crippen LogP contribution in [0.15, 0.2) is 108 Å². The average molecular weight is 725 g/mol. The molecule has 1 fully saturated rings. The number of aliphatic hydroxyl groups is 1. The minimum atomic E-state index is -2.02. The summed E-state index contributed by atoms with van der Waals surface area (Å²) < 4.78 is 13.0. The molecule has 0 bridgehead atoms. The van der Waals surface area contributed by atoms with Gasteiger partial charge in [-0.2, -0.15) is 4.68 Å². The molecule has 4 atom stereocenters. The second-order valence-electron chi connectivity index (χ2n) is 11.3. The van der Waals surface area contributed by atoms with Gasteiger partial charge in [0.15, 0.2) is 6.29 Å². The van der Waals surface area contributed by atoms with E-state index in [1.165, 1.54) is 11.8 Å². The molecule has 0 radical (unpaired) electrons. The van der Waals surface area contributed by atoms with Gasteiger partial charge >= 0.3 is 0 Å². The summed E-state index contributed by atoms with van der Waals surface area (Å²) in [5, 5.41) is 25.3. The molecule has 1 aliphatic heterocycles. The van der Waals surface area contributed by atoms with Gasteiger partial charge in [-0.3, -0.25) is 4.79 Å².